The summed E-state index contributed by atoms with van der Waals surface area (Å²) in [5.41, 5.74) is 17.2. The third kappa shape index (κ3) is 5.80. The van der Waals surface area contributed by atoms with Crippen LogP contribution in [0.3, 0.4) is 0 Å². The first kappa shape index (κ1) is 34.8. The molecule has 0 heterocycles. The second kappa shape index (κ2) is 13.9. The van der Waals surface area contributed by atoms with Crippen LogP contribution in [0, 0.1) is 11.8 Å². The molecule has 4 aliphatic carbocycles. The molecule has 0 spiro atoms. The second-order valence-electron chi connectivity index (χ2n) is 18.3. The summed E-state index contributed by atoms with van der Waals surface area (Å²) in [5, 5.41) is 2.78. The summed E-state index contributed by atoms with van der Waals surface area (Å²) in [6, 6.07) is 58.3. The lowest BCUT2D eigenvalue weighted by atomic mass is 9.80. The van der Waals surface area contributed by atoms with Gasteiger partial charge in [0.15, 0.2) is 0 Å². The van der Waals surface area contributed by atoms with Gasteiger partial charge in [-0.1, -0.05) is 161 Å². The number of rotatable bonds is 7. The van der Waals surface area contributed by atoms with Gasteiger partial charge in [-0.15, -0.1) is 0 Å². The molecule has 3 atom stereocenters. The van der Waals surface area contributed by atoms with Gasteiger partial charge in [0.1, 0.15) is 0 Å². The Morgan fingerprint density at radius 1 is 0.509 bits per heavy atom. The maximum atomic E-state index is 2.62. The van der Waals surface area contributed by atoms with Crippen molar-refractivity contribution in [2.45, 2.75) is 88.9 Å². The Balaban J connectivity index is 1.16. The van der Waals surface area contributed by atoms with Crippen molar-refractivity contribution in [3.8, 4) is 33.4 Å². The van der Waals surface area contributed by atoms with Crippen LogP contribution >= 0.6 is 0 Å². The van der Waals surface area contributed by atoms with Crippen molar-refractivity contribution in [1.82, 2.24) is 0 Å². The van der Waals surface area contributed by atoms with Gasteiger partial charge in [-0.2, -0.15) is 0 Å². The van der Waals surface area contributed by atoms with Crippen LogP contribution in [-0.2, 0) is 5.41 Å². The van der Waals surface area contributed by atoms with E-state index in [1.165, 1.54) is 136 Å². The highest BCUT2D eigenvalue weighted by molar-refractivity contribution is 6.04. The molecule has 282 valence electrons. The Bertz CT molecular complexity index is 2590. The summed E-state index contributed by atoms with van der Waals surface area (Å²) in [5.74, 6) is 3.08. The Labute approximate surface area is 339 Å². The summed E-state index contributed by atoms with van der Waals surface area (Å²) >= 11 is 0. The molecule has 57 heavy (non-hydrogen) atoms. The maximum Gasteiger partial charge on any atom is 0.0543 e. The van der Waals surface area contributed by atoms with Crippen molar-refractivity contribution in [2.75, 3.05) is 4.90 Å². The fourth-order valence-electron chi connectivity index (χ4n) is 11.9. The van der Waals surface area contributed by atoms with E-state index < -0.39 is 0 Å². The minimum absolute atomic E-state index is 0.177. The van der Waals surface area contributed by atoms with Crippen molar-refractivity contribution in [1.29, 1.82) is 0 Å². The van der Waals surface area contributed by atoms with Gasteiger partial charge >= 0.3 is 0 Å². The fourth-order valence-corrected chi connectivity index (χ4v) is 11.9. The van der Waals surface area contributed by atoms with Crippen LogP contribution in [0.2, 0.25) is 0 Å². The van der Waals surface area contributed by atoms with Crippen molar-refractivity contribution < 1.29 is 0 Å². The number of hydrogen-bond donors (Lipinski definition) is 0. The molecule has 4 aliphatic rings. The summed E-state index contributed by atoms with van der Waals surface area (Å²) in [7, 11) is 0. The van der Waals surface area contributed by atoms with Gasteiger partial charge in [0, 0.05) is 22.1 Å². The topological polar surface area (TPSA) is 3.24 Å². The molecule has 3 unspecified atom stereocenters. The third-order valence-corrected chi connectivity index (χ3v) is 14.8. The van der Waals surface area contributed by atoms with Crippen LogP contribution in [0.4, 0.5) is 17.1 Å². The summed E-state index contributed by atoms with van der Waals surface area (Å²) in [6.07, 6.45) is 12.3. The highest BCUT2D eigenvalue weighted by atomic mass is 15.1. The lowest BCUT2D eigenvalue weighted by Crippen LogP contribution is -2.18. The van der Waals surface area contributed by atoms with E-state index in [0.717, 1.165) is 11.8 Å². The maximum absolute atomic E-state index is 2.62. The number of nitrogens with zero attached hydrogens (tertiary/aromatic N) is 1. The summed E-state index contributed by atoms with van der Waals surface area (Å²) in [6.45, 7) is 4.86. The van der Waals surface area contributed by atoms with Crippen molar-refractivity contribution in [3.63, 3.8) is 0 Å². The minimum atomic E-state index is -0.177. The standard InChI is InChI=1S/C56H53N/c1-56(2)51-24-14-23-44(40-17-8-4-9-18-40)55(51)50-35-49(41-19-10-5-11-20-41)54(36-52(50)56)57(43-29-27-39(28-30-43)38-15-6-3-7-16-38)53-32-31-46(45-21-12-13-22-47(45)53)48-34-37-25-26-42(48)33-37/h4-5,8-14,17-24,27-32,35-38,42,48H,3,6-7,15-16,25-26,33-34H2,1-2H3. The number of fused-ring (bicyclic) bond motifs is 6. The molecule has 0 N–H and O–H groups in total. The van der Waals surface area contributed by atoms with E-state index >= 15 is 0 Å². The average Bonchev–Trinajstić information content (AvgIpc) is 3.97. The van der Waals surface area contributed by atoms with E-state index in [4.69, 9.17) is 0 Å². The Morgan fingerprint density at radius 2 is 1.21 bits per heavy atom. The first-order valence-electron chi connectivity index (χ1n) is 21.9. The molecule has 11 rings (SSSR count). The second-order valence-corrected chi connectivity index (χ2v) is 18.3. The SMILES string of the molecule is CC1(C)c2cc(N(c3ccc(C4CCCCC4)cc3)c3ccc(C4CC5CCC4C5)c4ccccc34)c(-c3ccccc3)cc2-c2c(-c3ccccc3)cccc21. The zero-order chi connectivity index (χ0) is 38.1. The first-order valence-corrected chi connectivity index (χ1v) is 21.9. The van der Waals surface area contributed by atoms with E-state index in [-0.39, 0.29) is 5.41 Å². The monoisotopic (exact) mass is 739 g/mol. The van der Waals surface area contributed by atoms with Crippen LogP contribution in [0.25, 0.3) is 44.2 Å². The molecule has 0 aromatic heterocycles. The van der Waals surface area contributed by atoms with E-state index in [1.807, 2.05) is 0 Å². The first-order chi connectivity index (χ1) is 28.0. The van der Waals surface area contributed by atoms with Gasteiger partial charge < -0.3 is 4.90 Å². The number of benzene rings is 7. The van der Waals surface area contributed by atoms with Crippen LogP contribution in [0.15, 0.2) is 152 Å². The van der Waals surface area contributed by atoms with Crippen LogP contribution < -0.4 is 4.90 Å². The molecule has 0 saturated heterocycles. The molecule has 0 radical (unpaired) electrons. The predicted octanol–water partition coefficient (Wildman–Crippen LogP) is 15.9. The molecular formula is C56H53N. The highest BCUT2D eigenvalue weighted by Gasteiger charge is 2.41. The molecule has 3 saturated carbocycles. The third-order valence-electron chi connectivity index (χ3n) is 14.8. The van der Waals surface area contributed by atoms with Gasteiger partial charge in [-0.05, 0) is 142 Å². The normalized spacial score (nSPS) is 20.8. The molecule has 0 amide bonds. The molecule has 2 bridgehead atoms. The van der Waals surface area contributed by atoms with Crippen molar-refractivity contribution >= 4 is 27.8 Å². The average molecular weight is 740 g/mol. The van der Waals surface area contributed by atoms with Gasteiger partial charge in [0.05, 0.1) is 11.4 Å². The molecule has 0 aliphatic heterocycles. The van der Waals surface area contributed by atoms with Gasteiger partial charge in [-0.3, -0.25) is 0 Å². The molecular weight excluding hydrogens is 687 g/mol. The Morgan fingerprint density at radius 3 is 1.91 bits per heavy atom. The van der Waals surface area contributed by atoms with Gasteiger partial charge in [0.2, 0.25) is 0 Å². The van der Waals surface area contributed by atoms with E-state index in [1.54, 1.807) is 5.56 Å². The quantitative estimate of drug-likeness (QED) is 0.157. The fraction of sp³-hybridized carbons (Fsp3) is 0.286. The van der Waals surface area contributed by atoms with Gasteiger partial charge in [-0.25, -0.2) is 0 Å². The van der Waals surface area contributed by atoms with E-state index in [2.05, 4.69) is 170 Å². The smallest absolute Gasteiger partial charge is 0.0543 e. The zero-order valence-corrected chi connectivity index (χ0v) is 33.6. The lowest BCUT2D eigenvalue weighted by Gasteiger charge is -2.32. The van der Waals surface area contributed by atoms with Gasteiger partial charge in [0.25, 0.3) is 0 Å². The minimum Gasteiger partial charge on any atom is -0.309 e. The Kier molecular flexibility index (Phi) is 8.50. The molecule has 1 heteroatoms. The van der Waals surface area contributed by atoms with Crippen LogP contribution in [0.1, 0.15) is 106 Å². The highest BCUT2D eigenvalue weighted by Crippen LogP contribution is 2.58. The van der Waals surface area contributed by atoms with Crippen molar-refractivity contribution in [3.05, 3.63) is 174 Å². The largest absolute Gasteiger partial charge is 0.309 e. The summed E-state index contributed by atoms with van der Waals surface area (Å²) < 4.78 is 0. The van der Waals surface area contributed by atoms with E-state index in [0.29, 0.717) is 11.8 Å². The zero-order valence-electron chi connectivity index (χ0n) is 33.6. The Hall–Kier alpha value is -5.40. The van der Waals surface area contributed by atoms with Crippen LogP contribution in [0.5, 0.6) is 0 Å². The number of anilines is 3. The molecule has 3 fully saturated rings. The molecule has 7 aromatic rings. The van der Waals surface area contributed by atoms with Crippen LogP contribution in [-0.4, -0.2) is 0 Å². The molecule has 1 nitrogen and oxygen atoms in total. The van der Waals surface area contributed by atoms with Crippen molar-refractivity contribution in [2.24, 2.45) is 11.8 Å². The number of hydrogen-bond acceptors (Lipinski definition) is 1. The predicted molar refractivity (Wildman–Crippen MR) is 241 cm³/mol. The summed E-state index contributed by atoms with van der Waals surface area (Å²) in [4.78, 5) is 2.62. The molecule has 7 aromatic carbocycles. The lowest BCUT2D eigenvalue weighted by molar-refractivity contribution is 0.422. The van der Waals surface area contributed by atoms with E-state index in [9.17, 15) is 0 Å².